The summed E-state index contributed by atoms with van der Waals surface area (Å²) in [6.45, 7) is 8.49. The monoisotopic (exact) mass is 2010 g/mol. The number of nitrogen functional groups attached to an aromatic ring is 3. The van der Waals surface area contributed by atoms with Crippen molar-refractivity contribution in [2.24, 2.45) is 11.8 Å². The van der Waals surface area contributed by atoms with Gasteiger partial charge in [-0.1, -0.05) is 0 Å². The van der Waals surface area contributed by atoms with E-state index < -0.39 is 65.0 Å². The first-order valence-electron chi connectivity index (χ1n) is 43.1. The SMILES string of the molecule is COc1c(N)ncnc1NC(=O)C1CC1.COc1c(N)ncnc1Nc1cc(C)c2n(c1=O)C1(CCN(CC(F)F)CC1)NC2=O.COc1c(N)ncnc1Nc1cc(C)c2n(c1=O)C1(CCN(CC(F)F)CC1)NC2=O.COc1c(NC(=O)C2CC2)ncnc1Nc1cc(C)c2n(c1=O)C1(CCN(CC(F)F)CC1)NC2=O.Cc1cc(Br)c(=O)n2c1C(=O)NC21CCN(CC(F)F)CC1.[K+].[OH-]. The Kier molecular flexibility index (Phi) is 32.8. The minimum Gasteiger partial charge on any atom is -0.870 e. The van der Waals surface area contributed by atoms with Gasteiger partial charge in [0.05, 0.1) is 59.1 Å². The number of fused-ring (bicyclic) bond motifs is 8. The number of nitrogens with two attached hydrogens (primary N) is 3. The van der Waals surface area contributed by atoms with E-state index in [4.69, 9.17) is 36.1 Å². The molecule has 4 saturated heterocycles. The van der Waals surface area contributed by atoms with Crippen LogP contribution in [0.4, 0.5) is 98.7 Å². The van der Waals surface area contributed by atoms with Crippen molar-refractivity contribution in [3.63, 3.8) is 0 Å². The molecule has 732 valence electrons. The fraction of sp³-hybridized carbons (Fsp3) is 0.500. The Morgan fingerprint density at radius 2 is 0.613 bits per heavy atom. The van der Waals surface area contributed by atoms with Crippen molar-refractivity contribution in [2.45, 2.75) is 153 Å². The van der Waals surface area contributed by atoms with E-state index in [1.807, 2.05) is 0 Å². The zero-order valence-electron chi connectivity index (χ0n) is 76.0. The maximum atomic E-state index is 13.7. The molecule has 2 aliphatic carbocycles. The molecule has 8 aromatic heterocycles. The van der Waals surface area contributed by atoms with E-state index in [0.29, 0.717) is 142 Å². The van der Waals surface area contributed by atoms with E-state index in [-0.39, 0.29) is 228 Å². The zero-order chi connectivity index (χ0) is 97.2. The second kappa shape index (κ2) is 43.1. The van der Waals surface area contributed by atoms with E-state index in [1.54, 1.807) is 71.6 Å². The second-order valence-corrected chi connectivity index (χ2v) is 34.8. The van der Waals surface area contributed by atoms with Gasteiger partial charge in [-0.15, -0.1) is 0 Å². The first-order valence-corrected chi connectivity index (χ1v) is 43.9. The molecule has 0 bridgehead atoms. The number of aromatic nitrogens is 12. The van der Waals surface area contributed by atoms with Crippen molar-refractivity contribution < 1.29 is 140 Å². The van der Waals surface area contributed by atoms with E-state index in [9.17, 15) is 83.1 Å². The van der Waals surface area contributed by atoms with Crippen LogP contribution in [0.1, 0.15) is 141 Å². The molecular weight excluding hydrogens is 1910 g/mol. The summed E-state index contributed by atoms with van der Waals surface area (Å²) in [5.74, 6) is 0.942. The fourth-order valence-electron chi connectivity index (χ4n) is 18.2. The molecule has 6 amide bonds. The molecule has 0 unspecified atom stereocenters. The average molecular weight is 2010 g/mol. The topological polar surface area (TPSA) is 560 Å². The van der Waals surface area contributed by atoms with Gasteiger partial charge in [-0.05, 0) is 116 Å². The summed E-state index contributed by atoms with van der Waals surface area (Å²) in [5, 5.41) is 26.0. The first kappa shape index (κ1) is 104. The Hall–Kier alpha value is -11.7. The van der Waals surface area contributed by atoms with Gasteiger partial charge in [0, 0.05) is 116 Å². The van der Waals surface area contributed by atoms with Crippen molar-refractivity contribution in [2.75, 3.05) is 151 Å². The number of likely N-dealkylation sites (tertiary alicyclic amines) is 4. The molecule has 8 aromatic rings. The minimum atomic E-state index is -2.45. The van der Waals surface area contributed by atoms with Crippen LogP contribution in [0.2, 0.25) is 0 Å². The molecule has 0 radical (unpaired) electrons. The number of rotatable bonds is 22. The van der Waals surface area contributed by atoms with E-state index >= 15 is 0 Å². The quantitative estimate of drug-likeness (QED) is 0.0343. The van der Waals surface area contributed by atoms with Crippen LogP contribution in [-0.2, 0) is 32.2 Å². The van der Waals surface area contributed by atoms with Crippen LogP contribution in [0.15, 0.2) is 73.2 Å². The average Bonchev–Trinajstić information content (AvgIpc) is 1.59. The maximum Gasteiger partial charge on any atom is 1.00 e. The normalized spacial score (nSPS) is 17.8. The number of nitrogens with one attached hydrogen (secondary N) is 9. The van der Waals surface area contributed by atoms with Gasteiger partial charge in [0.1, 0.15) is 87.8 Å². The molecule has 16 heterocycles. The molecule has 0 aromatic carbocycles. The van der Waals surface area contributed by atoms with Crippen molar-refractivity contribution in [1.29, 1.82) is 0 Å². The van der Waals surface area contributed by atoms with Gasteiger partial charge < -0.3 is 89.5 Å². The summed E-state index contributed by atoms with van der Waals surface area (Å²) in [6.07, 6.45) is 1.71. The molecule has 8 aliphatic heterocycles. The van der Waals surface area contributed by atoms with Crippen LogP contribution in [0.5, 0.6) is 23.0 Å². The number of piperidine rings is 4. The molecule has 6 fully saturated rings. The standard InChI is InChI=1S/C23H27F2N7O4.2C19H23F2N7O3.C14H16BrF2N3O2.C9H12N4O2.K.H2O/c1-12-9-14(28-18-17(36-2)19(27-11-26-18)29-20(33)13-3-4-13)22(35)32-16(12)21(34)30-23(32)5-7-31(8-6-23)10-15(24)25;2*1-10-7-11(25-16-14(31-2)15(22)23-9-24-16)18(30)28-13(10)17(29)26-19(28)3-5-27(6-4-19)8-12(20)21;1-8-6-9(15)13(22)20-11(8)12(21)18-14(20)2-4-19(5-3-14)7-10(16)17;1-15-6-7(10)11-4-12-8(6)13-9(14)5-2-3-5;;/h9,11,13,15H,3-8,10H2,1-2H3,(H,30,34)(H2,26,27,28,29,33);2*7,9,12H,3-6,8H2,1-2H3,(H,26,29)(H3,22,23,24,25);6,10H,2-5,7H2,1H3,(H,18,21);4-5H,2-3H2,1H3,(H3,10,11,12,13,14);;1H2/q;;;;;+1;/p-1. The van der Waals surface area contributed by atoms with Gasteiger partial charge in [0.2, 0.25) is 34.8 Å². The summed E-state index contributed by atoms with van der Waals surface area (Å²) in [4.78, 5) is 166. The van der Waals surface area contributed by atoms with Gasteiger partial charge in [-0.2, -0.15) is 0 Å². The number of methoxy groups -OCH3 is 4. The molecule has 137 heavy (non-hydrogen) atoms. The molecule has 43 nitrogen and oxygen atoms in total. The Bertz CT molecular complexity index is 5990. The van der Waals surface area contributed by atoms with Gasteiger partial charge in [0.15, 0.2) is 46.5 Å². The molecule has 53 heteroatoms. The van der Waals surface area contributed by atoms with Gasteiger partial charge in [-0.25, -0.2) is 75.0 Å². The molecule has 10 aliphatic rings. The Balaban J connectivity index is 0.000000157. The minimum absolute atomic E-state index is 0. The van der Waals surface area contributed by atoms with E-state index in [2.05, 4.69) is 104 Å². The zero-order valence-corrected chi connectivity index (χ0v) is 80.7. The number of ether oxygens (including phenoxy) is 4. The summed E-state index contributed by atoms with van der Waals surface area (Å²) in [7, 11) is 5.68. The molecule has 16 N–H and O–H groups in total. The smallest absolute Gasteiger partial charge is 0.870 e. The second-order valence-electron chi connectivity index (χ2n) is 34.0. The maximum absolute atomic E-state index is 13.7. The van der Waals surface area contributed by atoms with Crippen LogP contribution < -0.4 is 158 Å². The van der Waals surface area contributed by atoms with Crippen LogP contribution in [0, 0.1) is 39.5 Å². The number of halogens is 9. The largest absolute Gasteiger partial charge is 1.00 e. The predicted molar refractivity (Wildman–Crippen MR) is 480 cm³/mol. The van der Waals surface area contributed by atoms with Crippen molar-refractivity contribution in [3.8, 4) is 23.0 Å². The number of alkyl halides is 8. The third-order valence-electron chi connectivity index (χ3n) is 25.1. The fourth-order valence-corrected chi connectivity index (χ4v) is 18.7. The van der Waals surface area contributed by atoms with Crippen molar-refractivity contribution >= 4 is 115 Å². The Morgan fingerprint density at radius 3 is 0.869 bits per heavy atom. The van der Waals surface area contributed by atoms with E-state index in [1.165, 1.54) is 72.0 Å². The number of anilines is 11. The third-order valence-corrected chi connectivity index (χ3v) is 25.6. The van der Waals surface area contributed by atoms with Gasteiger partial charge >= 0.3 is 51.4 Å². The number of carbonyl (C=O) groups excluding carboxylic acids is 6. The first-order chi connectivity index (χ1) is 64.3. The molecule has 4 spiro atoms. The summed E-state index contributed by atoms with van der Waals surface area (Å²) in [6, 6.07) is 6.33. The third kappa shape index (κ3) is 22.1. The molecule has 2 saturated carbocycles. The number of hydrogen-bond acceptors (Lipinski definition) is 33. The molecule has 18 rings (SSSR count). The van der Waals surface area contributed by atoms with Crippen LogP contribution >= 0.6 is 15.9 Å². The Morgan fingerprint density at radius 1 is 0.387 bits per heavy atom. The number of amides is 6. The predicted octanol–water partition coefficient (Wildman–Crippen LogP) is 2.80. The van der Waals surface area contributed by atoms with E-state index in [0.717, 1.165) is 31.2 Å². The molecular formula is C84H102BrF8KN28O15. The van der Waals surface area contributed by atoms with Gasteiger partial charge in [0.25, 0.3) is 71.6 Å². The number of nitrogens with zero attached hydrogens (tertiary/aromatic N) is 16. The van der Waals surface area contributed by atoms with Gasteiger partial charge in [-0.3, -0.25) is 85.8 Å². The van der Waals surface area contributed by atoms with Crippen LogP contribution in [-0.4, -0.2) is 251 Å². The van der Waals surface area contributed by atoms with Crippen LogP contribution in [0.25, 0.3) is 0 Å². The number of hydrogen-bond donors (Lipinski definition) is 12. The number of carbonyl (C=O) groups is 6. The summed E-state index contributed by atoms with van der Waals surface area (Å²) < 4.78 is 129. The summed E-state index contributed by atoms with van der Waals surface area (Å²) >= 11 is 3.23. The summed E-state index contributed by atoms with van der Waals surface area (Å²) in [5.41, 5.74) is 16.0. The van der Waals surface area contributed by atoms with Crippen molar-refractivity contribution in [1.82, 2.24) is 99.0 Å². The van der Waals surface area contributed by atoms with Crippen molar-refractivity contribution in [3.05, 3.63) is 140 Å². The Labute approximate surface area is 826 Å². The number of aryl methyl sites for hydroxylation is 4. The van der Waals surface area contributed by atoms with Crippen LogP contribution in [0.3, 0.4) is 0 Å². The molecule has 0 atom stereocenters. The number of pyridine rings is 4.